The molecule has 2 aliphatic rings. The summed E-state index contributed by atoms with van der Waals surface area (Å²) in [5.41, 5.74) is 2.39. The Hall–Kier alpha value is -0.480. The smallest absolute Gasteiger partial charge is 0.161 e. The first-order valence-electron chi connectivity index (χ1n) is 6.96. The van der Waals surface area contributed by atoms with E-state index in [2.05, 4.69) is 46.4 Å². The monoisotopic (exact) mass is 338 g/mol. The summed E-state index contributed by atoms with van der Waals surface area (Å²) < 4.78 is 1.16. The molecule has 3 rings (SSSR count). The molecule has 102 valence electrons. The van der Waals surface area contributed by atoms with E-state index in [9.17, 15) is 0 Å². The Kier molecular flexibility index (Phi) is 4.18. The first-order valence-corrected chi connectivity index (χ1v) is 8.74. The molecule has 2 nitrogen and oxygen atoms in total. The Morgan fingerprint density at radius 3 is 3.00 bits per heavy atom. The van der Waals surface area contributed by atoms with Gasteiger partial charge in [0.25, 0.3) is 0 Å². The van der Waals surface area contributed by atoms with Gasteiger partial charge in [0.1, 0.15) is 0 Å². The molecule has 19 heavy (non-hydrogen) atoms. The van der Waals surface area contributed by atoms with Crippen LogP contribution in [-0.2, 0) is 0 Å². The van der Waals surface area contributed by atoms with Crippen LogP contribution in [0.15, 0.2) is 27.7 Å². The van der Waals surface area contributed by atoms with Crippen LogP contribution in [0.4, 0.5) is 5.69 Å². The van der Waals surface area contributed by atoms with Crippen molar-refractivity contribution < 1.29 is 0 Å². The highest BCUT2D eigenvalue weighted by Gasteiger charge is 2.29. The van der Waals surface area contributed by atoms with E-state index >= 15 is 0 Å². The average molecular weight is 339 g/mol. The number of hydrogen-bond acceptors (Lipinski definition) is 3. The molecule has 4 heteroatoms. The van der Waals surface area contributed by atoms with E-state index in [4.69, 9.17) is 4.99 Å². The molecular formula is C15H19BrN2S. The molecule has 0 amide bonds. The molecule has 1 aromatic rings. The van der Waals surface area contributed by atoms with E-state index in [-0.39, 0.29) is 0 Å². The highest BCUT2D eigenvalue weighted by molar-refractivity contribution is 9.10. The third-order valence-corrected chi connectivity index (χ3v) is 5.96. The summed E-state index contributed by atoms with van der Waals surface area (Å²) in [6.45, 7) is 2.11. The van der Waals surface area contributed by atoms with Crippen molar-refractivity contribution in [2.45, 2.75) is 38.6 Å². The van der Waals surface area contributed by atoms with Crippen LogP contribution in [0, 0.1) is 12.8 Å². The van der Waals surface area contributed by atoms with Gasteiger partial charge in [0.2, 0.25) is 0 Å². The first-order chi connectivity index (χ1) is 9.22. The first kappa shape index (κ1) is 13.5. The van der Waals surface area contributed by atoms with Crippen molar-refractivity contribution >= 4 is 38.5 Å². The second-order valence-corrected chi connectivity index (χ2v) is 7.31. The van der Waals surface area contributed by atoms with Crippen LogP contribution in [0.2, 0.25) is 0 Å². The van der Waals surface area contributed by atoms with E-state index in [1.165, 1.54) is 37.0 Å². The summed E-state index contributed by atoms with van der Waals surface area (Å²) in [5.74, 6) is 2.04. The molecule has 0 saturated heterocycles. The predicted molar refractivity (Wildman–Crippen MR) is 88.1 cm³/mol. The summed E-state index contributed by atoms with van der Waals surface area (Å²) in [6.07, 6.45) is 5.38. The number of nitrogens with one attached hydrogen (secondary N) is 1. The van der Waals surface area contributed by atoms with Gasteiger partial charge in [-0.3, -0.25) is 4.99 Å². The molecule has 2 atom stereocenters. The van der Waals surface area contributed by atoms with Gasteiger partial charge in [0.15, 0.2) is 5.17 Å². The van der Waals surface area contributed by atoms with E-state index < -0.39 is 0 Å². The maximum Gasteiger partial charge on any atom is 0.161 e. The molecule has 0 radical (unpaired) electrons. The van der Waals surface area contributed by atoms with Crippen LogP contribution in [0.1, 0.15) is 31.2 Å². The Morgan fingerprint density at radius 2 is 2.16 bits per heavy atom. The Morgan fingerprint density at radius 1 is 1.32 bits per heavy atom. The molecule has 1 aliphatic heterocycles. The van der Waals surface area contributed by atoms with Crippen molar-refractivity contribution in [2.24, 2.45) is 10.9 Å². The zero-order chi connectivity index (χ0) is 13.2. The molecule has 0 aromatic heterocycles. The SMILES string of the molecule is Cc1cc(NC2=NC3CCCCC3CS2)ccc1Br. The van der Waals surface area contributed by atoms with Gasteiger partial charge in [-0.15, -0.1) is 0 Å². The minimum absolute atomic E-state index is 0.564. The molecule has 1 aromatic carbocycles. The topological polar surface area (TPSA) is 24.4 Å². The number of thioether (sulfide) groups is 1. The number of halogens is 1. The number of aryl methyl sites for hydroxylation is 1. The van der Waals surface area contributed by atoms with Gasteiger partial charge in [-0.25, -0.2) is 0 Å². The molecule has 1 aliphatic carbocycles. The minimum Gasteiger partial charge on any atom is -0.335 e. The highest BCUT2D eigenvalue weighted by Crippen LogP contribution is 2.34. The Bertz CT molecular complexity index is 501. The lowest BCUT2D eigenvalue weighted by Crippen LogP contribution is -2.31. The predicted octanol–water partition coefficient (Wildman–Crippen LogP) is 4.83. The molecule has 1 heterocycles. The number of amidine groups is 1. The zero-order valence-electron chi connectivity index (χ0n) is 11.2. The van der Waals surface area contributed by atoms with Gasteiger partial charge >= 0.3 is 0 Å². The second-order valence-electron chi connectivity index (χ2n) is 5.45. The Balaban J connectivity index is 1.72. The van der Waals surface area contributed by atoms with E-state index in [0.29, 0.717) is 6.04 Å². The molecule has 1 saturated carbocycles. The number of benzene rings is 1. The van der Waals surface area contributed by atoms with Crippen LogP contribution in [0.5, 0.6) is 0 Å². The van der Waals surface area contributed by atoms with Gasteiger partial charge in [-0.05, 0) is 49.4 Å². The molecule has 0 bridgehead atoms. The summed E-state index contributed by atoms with van der Waals surface area (Å²) in [7, 11) is 0. The normalized spacial score (nSPS) is 26.5. The van der Waals surface area contributed by atoms with Crippen molar-refractivity contribution in [3.63, 3.8) is 0 Å². The third-order valence-electron chi connectivity index (χ3n) is 4.00. The van der Waals surface area contributed by atoms with Crippen LogP contribution in [0.25, 0.3) is 0 Å². The fraction of sp³-hybridized carbons (Fsp3) is 0.533. The lowest BCUT2D eigenvalue weighted by atomic mass is 9.86. The van der Waals surface area contributed by atoms with Crippen LogP contribution < -0.4 is 5.32 Å². The molecular weight excluding hydrogens is 320 g/mol. The quantitative estimate of drug-likeness (QED) is 0.792. The average Bonchev–Trinajstić information content (AvgIpc) is 2.43. The number of nitrogens with zero attached hydrogens (tertiary/aromatic N) is 1. The number of aliphatic imine (C=N–C) groups is 1. The number of fused-ring (bicyclic) bond motifs is 1. The number of anilines is 1. The standard InChI is InChI=1S/C15H19BrN2S/c1-10-8-12(6-7-13(10)16)17-15-18-14-5-3-2-4-11(14)9-19-15/h6-8,11,14H,2-5,9H2,1H3,(H,17,18). The van der Waals surface area contributed by atoms with Crippen molar-refractivity contribution in [1.82, 2.24) is 0 Å². The lowest BCUT2D eigenvalue weighted by molar-refractivity contribution is 0.336. The van der Waals surface area contributed by atoms with Crippen molar-refractivity contribution in [3.05, 3.63) is 28.2 Å². The van der Waals surface area contributed by atoms with Gasteiger partial charge < -0.3 is 5.32 Å². The minimum atomic E-state index is 0.564. The fourth-order valence-electron chi connectivity index (χ4n) is 2.84. The van der Waals surface area contributed by atoms with Gasteiger partial charge in [0, 0.05) is 15.9 Å². The maximum atomic E-state index is 4.91. The van der Waals surface area contributed by atoms with Crippen LogP contribution in [-0.4, -0.2) is 17.0 Å². The summed E-state index contributed by atoms with van der Waals surface area (Å²) >= 11 is 5.42. The van der Waals surface area contributed by atoms with E-state index in [1.807, 2.05) is 11.8 Å². The zero-order valence-corrected chi connectivity index (χ0v) is 13.6. The van der Waals surface area contributed by atoms with E-state index in [0.717, 1.165) is 21.2 Å². The Labute approximate surface area is 127 Å². The van der Waals surface area contributed by atoms with Crippen molar-refractivity contribution in [1.29, 1.82) is 0 Å². The van der Waals surface area contributed by atoms with Gasteiger partial charge in [0.05, 0.1) is 6.04 Å². The van der Waals surface area contributed by atoms with Gasteiger partial charge in [-0.2, -0.15) is 0 Å². The number of rotatable bonds is 1. The molecule has 2 unspecified atom stereocenters. The molecule has 1 N–H and O–H groups in total. The van der Waals surface area contributed by atoms with Crippen LogP contribution >= 0.6 is 27.7 Å². The fourth-order valence-corrected chi connectivity index (χ4v) is 4.25. The lowest BCUT2D eigenvalue weighted by Gasteiger charge is -2.32. The summed E-state index contributed by atoms with van der Waals surface area (Å²) in [6, 6.07) is 6.93. The maximum absolute atomic E-state index is 4.91. The molecule has 0 spiro atoms. The number of hydrogen-bond donors (Lipinski definition) is 1. The van der Waals surface area contributed by atoms with Crippen LogP contribution in [0.3, 0.4) is 0 Å². The summed E-state index contributed by atoms with van der Waals surface area (Å²) in [5, 5.41) is 4.58. The van der Waals surface area contributed by atoms with Gasteiger partial charge in [-0.1, -0.05) is 40.5 Å². The second kappa shape index (κ2) is 5.88. The third kappa shape index (κ3) is 3.16. The molecule has 1 fully saturated rings. The highest BCUT2D eigenvalue weighted by atomic mass is 79.9. The summed E-state index contributed by atoms with van der Waals surface area (Å²) in [4.78, 5) is 4.91. The largest absolute Gasteiger partial charge is 0.335 e. The van der Waals surface area contributed by atoms with Crippen molar-refractivity contribution in [3.8, 4) is 0 Å². The van der Waals surface area contributed by atoms with E-state index in [1.54, 1.807) is 0 Å². The van der Waals surface area contributed by atoms with Crippen molar-refractivity contribution in [2.75, 3.05) is 11.1 Å².